The zero-order valence-corrected chi connectivity index (χ0v) is 15.5. The summed E-state index contributed by atoms with van der Waals surface area (Å²) in [6, 6.07) is 9.57. The topological polar surface area (TPSA) is 69.7 Å². The minimum Gasteiger partial charge on any atom is -0.338 e. The molecule has 2 heterocycles. The van der Waals surface area contributed by atoms with Gasteiger partial charge >= 0.3 is 6.03 Å². The Bertz CT molecular complexity index is 691. The van der Waals surface area contributed by atoms with Crippen LogP contribution in [0, 0.1) is 0 Å². The Morgan fingerprint density at radius 2 is 1.96 bits per heavy atom. The first-order valence-corrected chi connectivity index (χ1v) is 9.38. The third-order valence-corrected chi connectivity index (χ3v) is 5.52. The molecule has 0 spiro atoms. The van der Waals surface area contributed by atoms with Crippen LogP contribution in [0.3, 0.4) is 0 Å². The van der Waals surface area contributed by atoms with Crippen LogP contribution in [0.4, 0.5) is 4.79 Å². The Morgan fingerprint density at radius 3 is 2.65 bits per heavy atom. The second-order valence-corrected chi connectivity index (χ2v) is 7.57. The summed E-state index contributed by atoms with van der Waals surface area (Å²) in [5, 5.41) is 2.79. The molecule has 26 heavy (non-hydrogen) atoms. The number of rotatable bonds is 5. The van der Waals surface area contributed by atoms with Crippen molar-refractivity contribution in [2.45, 2.75) is 57.5 Å². The quantitative estimate of drug-likeness (QED) is 0.822. The van der Waals surface area contributed by atoms with Gasteiger partial charge in [0.1, 0.15) is 12.1 Å². The van der Waals surface area contributed by atoms with Crippen LogP contribution in [0.2, 0.25) is 0 Å². The first-order chi connectivity index (χ1) is 12.4. The van der Waals surface area contributed by atoms with Gasteiger partial charge < -0.3 is 10.2 Å². The van der Waals surface area contributed by atoms with Crippen LogP contribution in [0.5, 0.6) is 0 Å². The molecule has 6 heteroatoms. The van der Waals surface area contributed by atoms with Gasteiger partial charge in [0.15, 0.2) is 0 Å². The van der Waals surface area contributed by atoms with Gasteiger partial charge in [-0.1, -0.05) is 30.3 Å². The Kier molecular flexibility index (Phi) is 5.30. The number of carbonyl (C=O) groups is 3. The van der Waals surface area contributed by atoms with E-state index in [1.807, 2.05) is 37.3 Å². The average Bonchev–Trinajstić information content (AvgIpc) is 2.85. The summed E-state index contributed by atoms with van der Waals surface area (Å²) >= 11 is 0. The highest BCUT2D eigenvalue weighted by molar-refractivity contribution is 6.08. The lowest BCUT2D eigenvalue weighted by atomic mass is 9.93. The molecule has 2 atom stereocenters. The molecule has 4 amide bonds. The van der Waals surface area contributed by atoms with Gasteiger partial charge in [-0.05, 0) is 51.5 Å². The molecule has 1 aromatic rings. The molecular formula is C20H27N3O3. The van der Waals surface area contributed by atoms with Crippen molar-refractivity contribution in [2.75, 3.05) is 13.1 Å². The summed E-state index contributed by atoms with van der Waals surface area (Å²) in [7, 11) is 0. The summed E-state index contributed by atoms with van der Waals surface area (Å²) in [6.07, 6.45) is 4.26. The van der Waals surface area contributed by atoms with Crippen molar-refractivity contribution in [3.8, 4) is 0 Å². The van der Waals surface area contributed by atoms with Crippen LogP contribution in [0.15, 0.2) is 30.3 Å². The number of imide groups is 1. The van der Waals surface area contributed by atoms with E-state index in [2.05, 4.69) is 5.32 Å². The number of benzene rings is 1. The first-order valence-electron chi connectivity index (χ1n) is 9.38. The van der Waals surface area contributed by atoms with Crippen LogP contribution in [0.1, 0.15) is 45.1 Å². The maximum absolute atomic E-state index is 12.8. The molecule has 0 aliphatic carbocycles. The molecule has 0 bridgehead atoms. The SMILES string of the molecule is C[C@@H]1CCCCN1C(=O)CN1C(=O)N[C@](C)(CCc2ccccc2)C1=O. The Hall–Kier alpha value is -2.37. The highest BCUT2D eigenvalue weighted by Crippen LogP contribution is 2.24. The van der Waals surface area contributed by atoms with Crippen LogP contribution in [-0.4, -0.2) is 52.3 Å². The molecule has 2 fully saturated rings. The number of likely N-dealkylation sites (tertiary alicyclic amines) is 1. The number of amides is 4. The Balaban J connectivity index is 1.63. The number of hydrogen-bond acceptors (Lipinski definition) is 3. The number of urea groups is 1. The van der Waals surface area contributed by atoms with Crippen LogP contribution in [0.25, 0.3) is 0 Å². The van der Waals surface area contributed by atoms with Crippen LogP contribution in [-0.2, 0) is 16.0 Å². The molecule has 2 aliphatic rings. The van der Waals surface area contributed by atoms with Crippen molar-refractivity contribution in [2.24, 2.45) is 0 Å². The van der Waals surface area contributed by atoms with Gasteiger partial charge in [0.2, 0.25) is 5.91 Å². The maximum atomic E-state index is 12.8. The summed E-state index contributed by atoms with van der Waals surface area (Å²) in [5.74, 6) is -0.454. The predicted octanol–water partition coefficient (Wildman–Crippen LogP) is 2.33. The number of hydrogen-bond donors (Lipinski definition) is 1. The van der Waals surface area contributed by atoms with Gasteiger partial charge in [0.05, 0.1) is 0 Å². The van der Waals surface area contributed by atoms with E-state index in [4.69, 9.17) is 0 Å². The second-order valence-electron chi connectivity index (χ2n) is 7.57. The minimum absolute atomic E-state index is 0.145. The summed E-state index contributed by atoms with van der Waals surface area (Å²) < 4.78 is 0. The Labute approximate surface area is 154 Å². The summed E-state index contributed by atoms with van der Waals surface area (Å²) in [5.41, 5.74) is 0.160. The molecule has 0 saturated carbocycles. The van der Waals surface area contributed by atoms with E-state index in [-0.39, 0.29) is 24.4 Å². The van der Waals surface area contributed by atoms with Crippen molar-refractivity contribution < 1.29 is 14.4 Å². The summed E-state index contributed by atoms with van der Waals surface area (Å²) in [6.45, 7) is 4.29. The third kappa shape index (κ3) is 3.74. The van der Waals surface area contributed by atoms with Crippen molar-refractivity contribution in [1.29, 1.82) is 0 Å². The van der Waals surface area contributed by atoms with E-state index in [0.29, 0.717) is 19.4 Å². The van der Waals surface area contributed by atoms with Crippen molar-refractivity contribution in [3.05, 3.63) is 35.9 Å². The molecule has 0 radical (unpaired) electrons. The van der Waals surface area contributed by atoms with E-state index in [9.17, 15) is 14.4 Å². The summed E-state index contributed by atoms with van der Waals surface area (Å²) in [4.78, 5) is 40.6. The molecule has 0 unspecified atom stereocenters. The highest BCUT2D eigenvalue weighted by Gasteiger charge is 2.48. The lowest BCUT2D eigenvalue weighted by Crippen LogP contribution is -2.49. The monoisotopic (exact) mass is 357 g/mol. The molecule has 2 aliphatic heterocycles. The molecular weight excluding hydrogens is 330 g/mol. The number of aryl methyl sites for hydroxylation is 1. The average molecular weight is 357 g/mol. The van der Waals surface area contributed by atoms with Gasteiger partial charge in [0.25, 0.3) is 5.91 Å². The lowest BCUT2D eigenvalue weighted by molar-refractivity contribution is -0.140. The van der Waals surface area contributed by atoms with Crippen LogP contribution >= 0.6 is 0 Å². The van der Waals surface area contributed by atoms with Gasteiger partial charge in [-0.25, -0.2) is 4.79 Å². The third-order valence-electron chi connectivity index (χ3n) is 5.52. The molecule has 1 aromatic carbocycles. The standard InChI is InChI=1S/C20H27N3O3/c1-15-8-6-7-13-22(15)17(24)14-23-18(25)20(2,21-19(23)26)12-11-16-9-4-3-5-10-16/h3-5,9-10,15H,6-8,11-14H2,1-2H3,(H,21,26)/t15-,20-/m1/s1. The maximum Gasteiger partial charge on any atom is 0.325 e. The zero-order valence-electron chi connectivity index (χ0n) is 15.5. The van der Waals surface area contributed by atoms with Crippen molar-refractivity contribution in [1.82, 2.24) is 15.1 Å². The van der Waals surface area contributed by atoms with Gasteiger partial charge in [-0.2, -0.15) is 0 Å². The van der Waals surface area contributed by atoms with Gasteiger partial charge in [0, 0.05) is 12.6 Å². The zero-order chi connectivity index (χ0) is 18.7. The van der Waals surface area contributed by atoms with Crippen molar-refractivity contribution in [3.63, 3.8) is 0 Å². The first kappa shape index (κ1) is 18.4. The van der Waals surface area contributed by atoms with Crippen LogP contribution < -0.4 is 5.32 Å². The number of piperidine rings is 1. The van der Waals surface area contributed by atoms with E-state index < -0.39 is 11.6 Å². The highest BCUT2D eigenvalue weighted by atomic mass is 16.2. The van der Waals surface area contributed by atoms with E-state index in [1.54, 1.807) is 11.8 Å². The normalized spacial score (nSPS) is 26.2. The predicted molar refractivity (Wildman–Crippen MR) is 98.4 cm³/mol. The fourth-order valence-electron chi connectivity index (χ4n) is 3.79. The van der Waals surface area contributed by atoms with Crippen molar-refractivity contribution >= 4 is 17.8 Å². The smallest absolute Gasteiger partial charge is 0.325 e. The molecule has 1 N–H and O–H groups in total. The Morgan fingerprint density at radius 1 is 1.23 bits per heavy atom. The largest absolute Gasteiger partial charge is 0.338 e. The molecule has 6 nitrogen and oxygen atoms in total. The number of carbonyl (C=O) groups excluding carboxylic acids is 3. The fraction of sp³-hybridized carbons (Fsp3) is 0.550. The van der Waals surface area contributed by atoms with E-state index in [1.165, 1.54) is 0 Å². The van der Waals surface area contributed by atoms with Gasteiger partial charge in [-0.15, -0.1) is 0 Å². The molecule has 140 valence electrons. The molecule has 0 aromatic heterocycles. The second kappa shape index (κ2) is 7.48. The van der Waals surface area contributed by atoms with Gasteiger partial charge in [-0.3, -0.25) is 14.5 Å². The number of nitrogens with one attached hydrogen (secondary N) is 1. The number of nitrogens with zero attached hydrogens (tertiary/aromatic N) is 2. The minimum atomic E-state index is -0.958. The fourth-order valence-corrected chi connectivity index (χ4v) is 3.79. The van der Waals surface area contributed by atoms with E-state index >= 15 is 0 Å². The molecule has 2 saturated heterocycles. The lowest BCUT2D eigenvalue weighted by Gasteiger charge is -2.34. The molecule has 3 rings (SSSR count). The van der Waals surface area contributed by atoms with E-state index in [0.717, 1.165) is 29.7 Å².